The molecule has 1 aliphatic heterocycles. The maximum atomic E-state index is 5.50. The summed E-state index contributed by atoms with van der Waals surface area (Å²) in [6, 6.07) is 0.656. The van der Waals surface area contributed by atoms with Crippen LogP contribution in [0.1, 0.15) is 20.8 Å². The zero-order chi connectivity index (χ0) is 7.72. The topological polar surface area (TPSA) is 12.5 Å². The Morgan fingerprint density at radius 2 is 1.90 bits per heavy atom. The summed E-state index contributed by atoms with van der Waals surface area (Å²) in [7, 11) is 2.10. The average Bonchev–Trinajstić information content (AvgIpc) is 1.93. The van der Waals surface area contributed by atoms with Gasteiger partial charge in [0.15, 0.2) is 0 Å². The van der Waals surface area contributed by atoms with Gasteiger partial charge >= 0.3 is 0 Å². The number of hydrogen-bond acceptors (Lipinski definition) is 2. The molecule has 2 heteroatoms. The standard InChI is InChI=1S/C8H17NO/c1-6-7(2)9(4)5-10-8(6)3/h6-8H,5H2,1-4H3. The lowest BCUT2D eigenvalue weighted by Crippen LogP contribution is -2.47. The minimum Gasteiger partial charge on any atom is -0.363 e. The molecule has 1 rings (SSSR count). The Kier molecular flexibility index (Phi) is 2.32. The second-order valence-electron chi connectivity index (χ2n) is 3.36. The first-order chi connectivity index (χ1) is 4.63. The minimum atomic E-state index is 0.422. The molecule has 3 atom stereocenters. The van der Waals surface area contributed by atoms with Gasteiger partial charge in [-0.1, -0.05) is 6.92 Å². The number of nitrogens with zero attached hydrogens (tertiary/aromatic N) is 1. The van der Waals surface area contributed by atoms with Crippen molar-refractivity contribution in [2.45, 2.75) is 32.9 Å². The highest BCUT2D eigenvalue weighted by Crippen LogP contribution is 2.20. The van der Waals surface area contributed by atoms with Gasteiger partial charge in [0.2, 0.25) is 0 Å². The maximum Gasteiger partial charge on any atom is 0.0993 e. The average molecular weight is 143 g/mol. The van der Waals surface area contributed by atoms with E-state index >= 15 is 0 Å². The monoisotopic (exact) mass is 143 g/mol. The summed E-state index contributed by atoms with van der Waals surface area (Å²) in [5, 5.41) is 0. The lowest BCUT2D eigenvalue weighted by atomic mass is 9.96. The Morgan fingerprint density at radius 1 is 1.30 bits per heavy atom. The van der Waals surface area contributed by atoms with Crippen molar-refractivity contribution in [1.82, 2.24) is 4.90 Å². The highest BCUT2D eigenvalue weighted by molar-refractivity contribution is 4.77. The van der Waals surface area contributed by atoms with Crippen molar-refractivity contribution >= 4 is 0 Å². The molecule has 0 radical (unpaired) electrons. The van der Waals surface area contributed by atoms with Gasteiger partial charge in [0.25, 0.3) is 0 Å². The first-order valence-corrected chi connectivity index (χ1v) is 3.94. The molecular formula is C8H17NO. The molecule has 0 amide bonds. The van der Waals surface area contributed by atoms with Crippen LogP contribution in [0.25, 0.3) is 0 Å². The summed E-state index contributed by atoms with van der Waals surface area (Å²) >= 11 is 0. The zero-order valence-corrected chi connectivity index (χ0v) is 7.29. The van der Waals surface area contributed by atoms with Gasteiger partial charge < -0.3 is 4.74 Å². The molecule has 2 nitrogen and oxygen atoms in total. The van der Waals surface area contributed by atoms with Crippen LogP contribution < -0.4 is 0 Å². The Hall–Kier alpha value is -0.0800. The van der Waals surface area contributed by atoms with Crippen LogP contribution in [0.5, 0.6) is 0 Å². The Labute approximate surface area is 63.2 Å². The van der Waals surface area contributed by atoms with Crippen molar-refractivity contribution in [3.8, 4) is 0 Å². The van der Waals surface area contributed by atoms with Crippen LogP contribution in [0.2, 0.25) is 0 Å². The first-order valence-electron chi connectivity index (χ1n) is 3.94. The van der Waals surface area contributed by atoms with E-state index in [1.807, 2.05) is 0 Å². The Bertz CT molecular complexity index is 102. The maximum absolute atomic E-state index is 5.50. The van der Waals surface area contributed by atoms with E-state index in [-0.39, 0.29) is 0 Å². The van der Waals surface area contributed by atoms with E-state index in [9.17, 15) is 0 Å². The van der Waals surface area contributed by atoms with E-state index in [1.165, 1.54) is 0 Å². The van der Waals surface area contributed by atoms with Gasteiger partial charge in [0.1, 0.15) is 0 Å². The van der Waals surface area contributed by atoms with Gasteiger partial charge in [-0.2, -0.15) is 0 Å². The summed E-state index contributed by atoms with van der Waals surface area (Å²) in [5.41, 5.74) is 0. The number of ether oxygens (including phenoxy) is 1. The molecule has 1 heterocycles. The van der Waals surface area contributed by atoms with Gasteiger partial charge in [0, 0.05) is 6.04 Å². The van der Waals surface area contributed by atoms with Crippen molar-refractivity contribution in [3.05, 3.63) is 0 Å². The van der Waals surface area contributed by atoms with Gasteiger partial charge in [-0.25, -0.2) is 0 Å². The van der Waals surface area contributed by atoms with E-state index in [0.29, 0.717) is 18.1 Å². The van der Waals surface area contributed by atoms with E-state index in [0.717, 1.165) is 6.73 Å². The highest BCUT2D eigenvalue weighted by atomic mass is 16.5. The fraction of sp³-hybridized carbons (Fsp3) is 1.00. The van der Waals surface area contributed by atoms with Crippen LogP contribution in [0.4, 0.5) is 0 Å². The largest absolute Gasteiger partial charge is 0.363 e. The highest BCUT2D eigenvalue weighted by Gasteiger charge is 2.27. The lowest BCUT2D eigenvalue weighted by molar-refractivity contribution is -0.106. The van der Waals surface area contributed by atoms with Crippen LogP contribution in [-0.2, 0) is 4.74 Å². The van der Waals surface area contributed by atoms with E-state index in [4.69, 9.17) is 4.74 Å². The zero-order valence-electron chi connectivity index (χ0n) is 7.29. The quantitative estimate of drug-likeness (QED) is 0.507. The molecule has 0 aromatic heterocycles. The number of rotatable bonds is 0. The molecule has 0 spiro atoms. The van der Waals surface area contributed by atoms with Crippen LogP contribution >= 0.6 is 0 Å². The van der Waals surface area contributed by atoms with Gasteiger partial charge in [-0.05, 0) is 26.8 Å². The first kappa shape index (κ1) is 8.02. The van der Waals surface area contributed by atoms with Crippen LogP contribution in [0.15, 0.2) is 0 Å². The molecule has 1 saturated heterocycles. The minimum absolute atomic E-state index is 0.422. The second-order valence-corrected chi connectivity index (χ2v) is 3.36. The van der Waals surface area contributed by atoms with Gasteiger partial charge in [-0.15, -0.1) is 0 Å². The summed E-state index contributed by atoms with van der Waals surface area (Å²) in [5.74, 6) is 0.652. The second kappa shape index (κ2) is 2.89. The number of hydrogen-bond donors (Lipinski definition) is 0. The smallest absolute Gasteiger partial charge is 0.0993 e. The molecule has 3 unspecified atom stereocenters. The van der Waals surface area contributed by atoms with Crippen LogP contribution in [0.3, 0.4) is 0 Å². The molecule has 1 fully saturated rings. The van der Waals surface area contributed by atoms with E-state index in [1.54, 1.807) is 0 Å². The predicted octanol–water partition coefficient (Wildman–Crippen LogP) is 1.32. The summed E-state index contributed by atoms with van der Waals surface area (Å²) in [6.07, 6.45) is 0.422. The fourth-order valence-corrected chi connectivity index (χ4v) is 1.30. The van der Waals surface area contributed by atoms with Gasteiger partial charge in [0.05, 0.1) is 12.8 Å². The van der Waals surface area contributed by atoms with Crippen LogP contribution in [0, 0.1) is 5.92 Å². The molecule has 60 valence electrons. The fourth-order valence-electron chi connectivity index (χ4n) is 1.30. The normalized spacial score (nSPS) is 43.8. The summed E-state index contributed by atoms with van der Waals surface area (Å²) < 4.78 is 5.50. The molecule has 0 saturated carbocycles. The van der Waals surface area contributed by atoms with Crippen molar-refractivity contribution in [2.75, 3.05) is 13.8 Å². The van der Waals surface area contributed by atoms with Crippen molar-refractivity contribution < 1.29 is 4.74 Å². The summed E-state index contributed by atoms with van der Waals surface area (Å²) in [6.45, 7) is 7.43. The molecule has 10 heavy (non-hydrogen) atoms. The van der Waals surface area contributed by atoms with Crippen molar-refractivity contribution in [2.24, 2.45) is 5.92 Å². The molecule has 0 N–H and O–H groups in total. The van der Waals surface area contributed by atoms with Crippen molar-refractivity contribution in [3.63, 3.8) is 0 Å². The van der Waals surface area contributed by atoms with Gasteiger partial charge in [-0.3, -0.25) is 4.90 Å². The molecule has 0 aromatic carbocycles. The molecule has 0 aliphatic carbocycles. The SMILES string of the molecule is CC1OCN(C)C(C)C1C. The predicted molar refractivity (Wildman–Crippen MR) is 41.8 cm³/mol. The Balaban J connectivity index is 2.52. The molecular weight excluding hydrogens is 126 g/mol. The lowest BCUT2D eigenvalue weighted by Gasteiger charge is -2.39. The van der Waals surface area contributed by atoms with Crippen molar-refractivity contribution in [1.29, 1.82) is 0 Å². The third kappa shape index (κ3) is 1.32. The third-order valence-corrected chi connectivity index (χ3v) is 2.74. The summed E-state index contributed by atoms with van der Waals surface area (Å²) in [4.78, 5) is 2.24. The van der Waals surface area contributed by atoms with E-state index < -0.39 is 0 Å². The molecule has 1 aliphatic rings. The Morgan fingerprint density at radius 3 is 2.40 bits per heavy atom. The van der Waals surface area contributed by atoms with Crippen LogP contribution in [-0.4, -0.2) is 30.8 Å². The van der Waals surface area contributed by atoms with E-state index in [2.05, 4.69) is 32.7 Å². The molecule has 0 aromatic rings. The molecule has 0 bridgehead atoms. The third-order valence-electron chi connectivity index (χ3n) is 2.74.